The first-order valence-corrected chi connectivity index (χ1v) is 8.27. The van der Waals surface area contributed by atoms with Crippen molar-refractivity contribution in [2.24, 2.45) is 0 Å². The maximum atomic E-state index is 12.8. The summed E-state index contributed by atoms with van der Waals surface area (Å²) in [7, 11) is 0. The number of benzene rings is 2. The number of hydrogen-bond acceptors (Lipinski definition) is 3. The van der Waals surface area contributed by atoms with Crippen LogP contribution in [0.1, 0.15) is 28.8 Å². The van der Waals surface area contributed by atoms with Crippen LogP contribution in [0.4, 0.5) is 13.2 Å². The molecule has 138 valence electrons. The van der Waals surface area contributed by atoms with Gasteiger partial charge in [-0.25, -0.2) is 0 Å². The molecule has 1 heterocycles. The van der Waals surface area contributed by atoms with Gasteiger partial charge >= 0.3 is 6.18 Å². The number of carbonyl (C=O) groups excluding carboxylic acids is 1. The number of nitrogens with one attached hydrogen (secondary N) is 1. The molecule has 7 heteroatoms. The Bertz CT molecular complexity index is 771. The highest BCUT2D eigenvalue weighted by molar-refractivity contribution is 5.94. The lowest BCUT2D eigenvalue weighted by atomic mass is 10.2. The van der Waals surface area contributed by atoms with Crippen molar-refractivity contribution in [3.05, 3.63) is 59.7 Å². The van der Waals surface area contributed by atoms with Crippen LogP contribution in [-0.4, -0.2) is 25.2 Å². The molecular formula is C19H18F3NO3. The van der Waals surface area contributed by atoms with Crippen molar-refractivity contribution in [1.29, 1.82) is 0 Å². The molecule has 1 saturated heterocycles. The molecule has 1 N–H and O–H groups in total. The van der Waals surface area contributed by atoms with Gasteiger partial charge in [-0.3, -0.25) is 4.79 Å². The normalized spacial score (nSPS) is 17.1. The van der Waals surface area contributed by atoms with E-state index < -0.39 is 11.7 Å². The fourth-order valence-corrected chi connectivity index (χ4v) is 2.69. The average Bonchev–Trinajstić information content (AvgIpc) is 3.13. The number of amides is 1. The highest BCUT2D eigenvalue weighted by atomic mass is 19.4. The molecule has 1 amide bonds. The summed E-state index contributed by atoms with van der Waals surface area (Å²) in [5.41, 5.74) is -0.423. The molecule has 2 aromatic carbocycles. The van der Waals surface area contributed by atoms with E-state index in [-0.39, 0.29) is 23.5 Å². The van der Waals surface area contributed by atoms with Gasteiger partial charge in [0.2, 0.25) is 0 Å². The number of carbonyl (C=O) groups is 1. The topological polar surface area (TPSA) is 47.6 Å². The van der Waals surface area contributed by atoms with Gasteiger partial charge in [0, 0.05) is 18.7 Å². The summed E-state index contributed by atoms with van der Waals surface area (Å²) in [6.07, 6.45) is -2.51. The van der Waals surface area contributed by atoms with Gasteiger partial charge in [0.25, 0.3) is 5.91 Å². The molecule has 3 rings (SSSR count). The first kappa shape index (κ1) is 18.3. The first-order chi connectivity index (χ1) is 12.4. The van der Waals surface area contributed by atoms with Gasteiger partial charge < -0.3 is 14.8 Å². The summed E-state index contributed by atoms with van der Waals surface area (Å²) in [6.45, 7) is 1.14. The molecule has 1 aliphatic heterocycles. The van der Waals surface area contributed by atoms with Crippen molar-refractivity contribution >= 4 is 5.91 Å². The third-order valence-electron chi connectivity index (χ3n) is 4.01. The van der Waals surface area contributed by atoms with E-state index in [9.17, 15) is 18.0 Å². The van der Waals surface area contributed by atoms with Crippen molar-refractivity contribution in [2.75, 3.05) is 13.2 Å². The Morgan fingerprint density at radius 2 is 1.88 bits per heavy atom. The molecule has 4 nitrogen and oxygen atoms in total. The largest absolute Gasteiger partial charge is 0.457 e. The Labute approximate surface area is 148 Å². The fraction of sp³-hybridized carbons (Fsp3) is 0.316. The van der Waals surface area contributed by atoms with Gasteiger partial charge in [0.1, 0.15) is 11.5 Å². The zero-order valence-electron chi connectivity index (χ0n) is 13.9. The lowest BCUT2D eigenvalue weighted by Gasteiger charge is -2.12. The van der Waals surface area contributed by atoms with Crippen LogP contribution < -0.4 is 10.1 Å². The Morgan fingerprint density at radius 1 is 1.15 bits per heavy atom. The van der Waals surface area contributed by atoms with Crippen molar-refractivity contribution in [1.82, 2.24) is 5.32 Å². The second-order valence-corrected chi connectivity index (χ2v) is 6.00. The van der Waals surface area contributed by atoms with E-state index in [1.165, 1.54) is 18.2 Å². The van der Waals surface area contributed by atoms with Crippen LogP contribution in [0.25, 0.3) is 0 Å². The van der Waals surface area contributed by atoms with Crippen molar-refractivity contribution in [3.63, 3.8) is 0 Å². The summed E-state index contributed by atoms with van der Waals surface area (Å²) >= 11 is 0. The minimum absolute atomic E-state index is 0.0310. The summed E-state index contributed by atoms with van der Waals surface area (Å²) in [5, 5.41) is 2.79. The third-order valence-corrected chi connectivity index (χ3v) is 4.01. The molecule has 0 aliphatic carbocycles. The van der Waals surface area contributed by atoms with Gasteiger partial charge in [-0.15, -0.1) is 0 Å². The first-order valence-electron chi connectivity index (χ1n) is 8.27. The zero-order chi connectivity index (χ0) is 18.6. The molecule has 0 saturated carbocycles. The summed E-state index contributed by atoms with van der Waals surface area (Å²) in [5.74, 6) is 0.0563. The minimum Gasteiger partial charge on any atom is -0.457 e. The van der Waals surface area contributed by atoms with E-state index >= 15 is 0 Å². The number of hydrogen-bond donors (Lipinski definition) is 1. The minimum atomic E-state index is -4.44. The molecule has 1 fully saturated rings. The zero-order valence-corrected chi connectivity index (χ0v) is 13.9. The average molecular weight is 365 g/mol. The quantitative estimate of drug-likeness (QED) is 0.854. The van der Waals surface area contributed by atoms with Crippen LogP contribution in [0.2, 0.25) is 0 Å². The number of halogens is 3. The SMILES string of the molecule is O=C(NCC1CCCO1)c1cccc(Oc2cccc(C(F)(F)F)c2)c1. The van der Waals surface area contributed by atoms with E-state index in [2.05, 4.69) is 5.32 Å². The van der Waals surface area contributed by atoms with Gasteiger partial charge in [-0.05, 0) is 49.2 Å². The highest BCUT2D eigenvalue weighted by Crippen LogP contribution is 2.32. The molecule has 26 heavy (non-hydrogen) atoms. The molecule has 0 bridgehead atoms. The number of ether oxygens (including phenoxy) is 2. The van der Waals surface area contributed by atoms with Gasteiger partial charge in [0.05, 0.1) is 11.7 Å². The van der Waals surface area contributed by atoms with Crippen LogP contribution in [0, 0.1) is 0 Å². The third kappa shape index (κ3) is 4.76. The van der Waals surface area contributed by atoms with Crippen molar-refractivity contribution in [3.8, 4) is 11.5 Å². The molecule has 1 aliphatic rings. The fourth-order valence-electron chi connectivity index (χ4n) is 2.69. The van der Waals surface area contributed by atoms with Crippen LogP contribution in [0.5, 0.6) is 11.5 Å². The molecule has 1 unspecified atom stereocenters. The monoisotopic (exact) mass is 365 g/mol. The van der Waals surface area contributed by atoms with Crippen LogP contribution >= 0.6 is 0 Å². The van der Waals surface area contributed by atoms with E-state index in [0.29, 0.717) is 18.7 Å². The molecule has 0 spiro atoms. The molecule has 2 aromatic rings. The summed E-state index contributed by atoms with van der Waals surface area (Å²) in [6, 6.07) is 10.9. The maximum Gasteiger partial charge on any atom is 0.416 e. The molecule has 0 aromatic heterocycles. The number of rotatable bonds is 5. The van der Waals surface area contributed by atoms with Gasteiger partial charge in [-0.2, -0.15) is 13.2 Å². The standard InChI is InChI=1S/C19H18F3NO3/c20-19(21,22)14-5-2-7-16(11-14)26-15-6-1-4-13(10-15)18(24)23-12-17-8-3-9-25-17/h1-2,4-7,10-11,17H,3,8-9,12H2,(H,23,24). The highest BCUT2D eigenvalue weighted by Gasteiger charge is 2.30. The molecule has 0 radical (unpaired) electrons. The van der Waals surface area contributed by atoms with Crippen LogP contribution in [-0.2, 0) is 10.9 Å². The smallest absolute Gasteiger partial charge is 0.416 e. The van der Waals surface area contributed by atoms with Crippen LogP contribution in [0.3, 0.4) is 0 Å². The predicted molar refractivity (Wildman–Crippen MR) is 89.3 cm³/mol. The second kappa shape index (κ2) is 7.78. The lowest BCUT2D eigenvalue weighted by Crippen LogP contribution is -2.31. The lowest BCUT2D eigenvalue weighted by molar-refractivity contribution is -0.137. The Balaban J connectivity index is 1.66. The molecule has 1 atom stereocenters. The van der Waals surface area contributed by atoms with Crippen molar-refractivity contribution in [2.45, 2.75) is 25.1 Å². The Hall–Kier alpha value is -2.54. The van der Waals surface area contributed by atoms with E-state index in [0.717, 1.165) is 25.0 Å². The van der Waals surface area contributed by atoms with Crippen LogP contribution in [0.15, 0.2) is 48.5 Å². The Kier molecular flexibility index (Phi) is 5.46. The van der Waals surface area contributed by atoms with E-state index in [1.54, 1.807) is 18.2 Å². The summed E-state index contributed by atoms with van der Waals surface area (Å²) in [4.78, 5) is 12.2. The predicted octanol–water partition coefficient (Wildman–Crippen LogP) is 4.41. The van der Waals surface area contributed by atoms with Crippen molar-refractivity contribution < 1.29 is 27.4 Å². The van der Waals surface area contributed by atoms with Gasteiger partial charge in [0.15, 0.2) is 0 Å². The number of alkyl halides is 3. The van der Waals surface area contributed by atoms with E-state index in [4.69, 9.17) is 9.47 Å². The molecular weight excluding hydrogens is 347 g/mol. The summed E-state index contributed by atoms with van der Waals surface area (Å²) < 4.78 is 49.2. The maximum absolute atomic E-state index is 12.8. The second-order valence-electron chi connectivity index (χ2n) is 6.00. The van der Waals surface area contributed by atoms with Gasteiger partial charge in [-0.1, -0.05) is 12.1 Å². The Morgan fingerprint density at radius 3 is 2.58 bits per heavy atom. The van der Waals surface area contributed by atoms with E-state index in [1.807, 2.05) is 0 Å².